The smallest absolute Gasteiger partial charge is 0.255 e. The van der Waals surface area contributed by atoms with Crippen LogP contribution in [0.3, 0.4) is 0 Å². The number of amides is 1. The van der Waals surface area contributed by atoms with Crippen LogP contribution in [0.2, 0.25) is 0 Å². The number of nitrogens with zero attached hydrogens (tertiary/aromatic N) is 7. The molecule has 11 nitrogen and oxygen atoms in total. The summed E-state index contributed by atoms with van der Waals surface area (Å²) in [5.41, 5.74) is 3.49. The van der Waals surface area contributed by atoms with Crippen LogP contribution >= 0.6 is 0 Å². The molecule has 1 N–H and O–H groups in total. The molecule has 0 saturated carbocycles. The van der Waals surface area contributed by atoms with Gasteiger partial charge in [-0.05, 0) is 37.6 Å². The van der Waals surface area contributed by atoms with Crippen LogP contribution in [0.5, 0.6) is 11.6 Å². The van der Waals surface area contributed by atoms with Gasteiger partial charge in [0.25, 0.3) is 5.91 Å². The number of nitrogens with one attached hydrogen (secondary N) is 1. The fourth-order valence-corrected chi connectivity index (χ4v) is 3.96. The summed E-state index contributed by atoms with van der Waals surface area (Å²) in [6.07, 6.45) is 4.75. The topological polar surface area (TPSA) is 131 Å². The second-order valence-electron chi connectivity index (χ2n) is 8.57. The average Bonchev–Trinajstić information content (AvgIpc) is 3.26. The maximum Gasteiger partial charge on any atom is 0.255 e. The van der Waals surface area contributed by atoms with Crippen LogP contribution in [0.15, 0.2) is 43.0 Å². The van der Waals surface area contributed by atoms with E-state index in [1.54, 1.807) is 46.3 Å². The molecule has 1 amide bonds. The highest BCUT2D eigenvalue weighted by Gasteiger charge is 2.23. The molecule has 36 heavy (non-hydrogen) atoms. The zero-order valence-electron chi connectivity index (χ0n) is 20.1. The van der Waals surface area contributed by atoms with Crippen molar-refractivity contribution in [2.75, 3.05) is 25.0 Å². The van der Waals surface area contributed by atoms with Crippen molar-refractivity contribution in [3.05, 3.63) is 59.8 Å². The molecule has 5 heterocycles. The maximum absolute atomic E-state index is 12.8. The van der Waals surface area contributed by atoms with Gasteiger partial charge < -0.3 is 24.3 Å². The van der Waals surface area contributed by atoms with Crippen LogP contribution in [0, 0.1) is 18.3 Å². The Hall–Kier alpha value is -4.56. The quantitative estimate of drug-likeness (QED) is 0.453. The molecule has 5 rings (SSSR count). The molecule has 4 aromatic rings. The SMILES string of the molecule is Cc1cc(C#N)ncc1Oc1cc(Nc2ccc(C(=O)N3CCO[C@@H](C)C3)cn2)c2ncn(C)c2n1. The van der Waals surface area contributed by atoms with E-state index in [-0.39, 0.29) is 12.0 Å². The van der Waals surface area contributed by atoms with E-state index in [1.807, 2.05) is 27.0 Å². The number of ether oxygens (including phenoxy) is 2. The summed E-state index contributed by atoms with van der Waals surface area (Å²) in [6, 6.07) is 8.89. The van der Waals surface area contributed by atoms with Crippen molar-refractivity contribution in [3.8, 4) is 17.7 Å². The number of morpholine rings is 1. The van der Waals surface area contributed by atoms with Crippen LogP contribution in [0.1, 0.15) is 28.5 Å². The number of hydrogen-bond acceptors (Lipinski definition) is 9. The summed E-state index contributed by atoms with van der Waals surface area (Å²) in [6.45, 7) is 5.45. The fourth-order valence-electron chi connectivity index (χ4n) is 3.96. The first-order valence-electron chi connectivity index (χ1n) is 11.4. The van der Waals surface area contributed by atoms with Crippen molar-refractivity contribution in [2.24, 2.45) is 7.05 Å². The maximum atomic E-state index is 12.8. The number of carbonyl (C=O) groups is 1. The van der Waals surface area contributed by atoms with Gasteiger partial charge in [-0.1, -0.05) is 0 Å². The van der Waals surface area contributed by atoms with Gasteiger partial charge in [-0.3, -0.25) is 4.79 Å². The van der Waals surface area contributed by atoms with Crippen molar-refractivity contribution in [2.45, 2.75) is 20.0 Å². The number of rotatable bonds is 5. The summed E-state index contributed by atoms with van der Waals surface area (Å²) in [5.74, 6) is 1.30. The molecule has 0 bridgehead atoms. The van der Waals surface area contributed by atoms with Crippen LogP contribution < -0.4 is 10.1 Å². The number of hydrogen-bond donors (Lipinski definition) is 1. The van der Waals surface area contributed by atoms with Gasteiger partial charge in [0.2, 0.25) is 5.88 Å². The largest absolute Gasteiger partial charge is 0.437 e. The second kappa shape index (κ2) is 9.59. The molecule has 1 atom stereocenters. The van der Waals surface area contributed by atoms with E-state index >= 15 is 0 Å². The molecule has 1 fully saturated rings. The molecule has 1 aliphatic heterocycles. The molecule has 1 saturated heterocycles. The summed E-state index contributed by atoms with van der Waals surface area (Å²) >= 11 is 0. The van der Waals surface area contributed by atoms with Gasteiger partial charge in [0, 0.05) is 32.4 Å². The Morgan fingerprint density at radius 3 is 2.83 bits per heavy atom. The van der Waals surface area contributed by atoms with E-state index < -0.39 is 0 Å². The standard InChI is InChI=1S/C25H24N8O3/c1-15-8-18(10-26)27-12-20(15)36-22-9-19(23-24(31-22)32(3)14-29-23)30-21-5-4-17(11-28-21)25(34)33-6-7-35-16(2)13-33/h4-5,8-9,11-12,14,16H,6-7,13H2,1-3H3,(H,28,30,31)/t16-/m0/s1. The fraction of sp³-hybridized carbons (Fsp3) is 0.280. The number of aryl methyl sites for hydroxylation is 2. The summed E-state index contributed by atoms with van der Waals surface area (Å²) < 4.78 is 13.3. The third-order valence-electron chi connectivity index (χ3n) is 5.84. The van der Waals surface area contributed by atoms with Gasteiger partial charge in [-0.15, -0.1) is 0 Å². The Morgan fingerprint density at radius 1 is 1.25 bits per heavy atom. The minimum atomic E-state index is -0.0673. The Kier molecular flexibility index (Phi) is 6.18. The lowest BCUT2D eigenvalue weighted by Gasteiger charge is -2.31. The molecule has 0 radical (unpaired) electrons. The lowest BCUT2D eigenvalue weighted by atomic mass is 10.2. The molecule has 0 aliphatic carbocycles. The number of nitriles is 1. The first-order valence-corrected chi connectivity index (χ1v) is 11.4. The minimum Gasteiger partial charge on any atom is -0.437 e. The van der Waals surface area contributed by atoms with Crippen molar-refractivity contribution >= 4 is 28.6 Å². The van der Waals surface area contributed by atoms with Crippen molar-refractivity contribution in [1.29, 1.82) is 5.26 Å². The predicted octanol–water partition coefficient (Wildman–Crippen LogP) is 3.34. The molecule has 0 spiro atoms. The van der Waals surface area contributed by atoms with Gasteiger partial charge in [-0.25, -0.2) is 15.0 Å². The first kappa shape index (κ1) is 23.2. The Labute approximate surface area is 207 Å². The zero-order chi connectivity index (χ0) is 25.2. The molecule has 4 aromatic heterocycles. The highest BCUT2D eigenvalue weighted by molar-refractivity contribution is 5.94. The van der Waals surface area contributed by atoms with Gasteiger partial charge in [-0.2, -0.15) is 10.2 Å². The van der Waals surface area contributed by atoms with E-state index in [2.05, 4.69) is 25.3 Å². The van der Waals surface area contributed by atoms with Crippen molar-refractivity contribution < 1.29 is 14.3 Å². The first-order chi connectivity index (χ1) is 17.4. The van der Waals surface area contributed by atoms with E-state index in [0.717, 1.165) is 5.56 Å². The summed E-state index contributed by atoms with van der Waals surface area (Å²) in [5, 5.41) is 12.3. The Morgan fingerprint density at radius 2 is 2.11 bits per heavy atom. The highest BCUT2D eigenvalue weighted by Crippen LogP contribution is 2.31. The van der Waals surface area contributed by atoms with E-state index in [9.17, 15) is 4.79 Å². The third-order valence-corrected chi connectivity index (χ3v) is 5.84. The number of aromatic nitrogens is 5. The molecule has 182 valence electrons. The van der Waals surface area contributed by atoms with Crippen LogP contribution in [0.4, 0.5) is 11.5 Å². The van der Waals surface area contributed by atoms with Gasteiger partial charge >= 0.3 is 0 Å². The van der Waals surface area contributed by atoms with Crippen molar-refractivity contribution in [1.82, 2.24) is 29.4 Å². The van der Waals surface area contributed by atoms with Gasteiger partial charge in [0.05, 0.1) is 36.5 Å². The number of anilines is 2. The summed E-state index contributed by atoms with van der Waals surface area (Å²) in [7, 11) is 1.84. The minimum absolute atomic E-state index is 0.0179. The van der Waals surface area contributed by atoms with E-state index in [1.165, 1.54) is 6.20 Å². The molecular formula is C25H24N8O3. The zero-order valence-corrected chi connectivity index (χ0v) is 20.1. The van der Waals surface area contributed by atoms with Crippen LogP contribution in [-0.2, 0) is 11.8 Å². The number of pyridine rings is 3. The molecule has 11 heteroatoms. The normalized spacial score (nSPS) is 15.5. The highest BCUT2D eigenvalue weighted by atomic mass is 16.5. The number of imidazole rings is 1. The molecule has 0 aromatic carbocycles. The Bertz CT molecular complexity index is 1480. The van der Waals surface area contributed by atoms with Crippen LogP contribution in [0.25, 0.3) is 11.2 Å². The van der Waals surface area contributed by atoms with E-state index in [4.69, 9.17) is 14.7 Å². The molecular weight excluding hydrogens is 460 g/mol. The van der Waals surface area contributed by atoms with Crippen molar-refractivity contribution in [3.63, 3.8) is 0 Å². The van der Waals surface area contributed by atoms with E-state index in [0.29, 0.717) is 65.3 Å². The number of carbonyl (C=O) groups excluding carboxylic acids is 1. The molecule has 0 unspecified atom stereocenters. The lowest BCUT2D eigenvalue weighted by molar-refractivity contribution is -0.0124. The third kappa shape index (κ3) is 4.67. The lowest BCUT2D eigenvalue weighted by Crippen LogP contribution is -2.44. The Balaban J connectivity index is 1.40. The summed E-state index contributed by atoms with van der Waals surface area (Å²) in [4.78, 5) is 32.2. The second-order valence-corrected chi connectivity index (χ2v) is 8.57. The number of fused-ring (bicyclic) bond motifs is 1. The van der Waals surface area contributed by atoms with Gasteiger partial charge in [0.15, 0.2) is 11.4 Å². The van der Waals surface area contributed by atoms with Gasteiger partial charge in [0.1, 0.15) is 23.1 Å². The van der Waals surface area contributed by atoms with Crippen LogP contribution in [-0.4, -0.2) is 61.1 Å². The predicted molar refractivity (Wildman–Crippen MR) is 131 cm³/mol. The molecule has 1 aliphatic rings. The monoisotopic (exact) mass is 484 g/mol. The average molecular weight is 485 g/mol.